The van der Waals surface area contributed by atoms with Crippen molar-refractivity contribution in [3.8, 4) is 12.1 Å². The van der Waals surface area contributed by atoms with Crippen molar-refractivity contribution < 1.29 is 23.9 Å². The van der Waals surface area contributed by atoms with Crippen LogP contribution in [0.1, 0.15) is 99.3 Å². The van der Waals surface area contributed by atoms with Gasteiger partial charge in [-0.25, -0.2) is 4.68 Å². The van der Waals surface area contributed by atoms with Crippen molar-refractivity contribution in [1.82, 2.24) is 40.4 Å². The average molecular weight is 1290 g/mol. The molecular formula is C68H66Br2N10O5Si. The van der Waals surface area contributed by atoms with Gasteiger partial charge in [-0.15, -0.1) is 0 Å². The Kier molecular flexibility index (Phi) is 15.8. The van der Waals surface area contributed by atoms with E-state index in [2.05, 4.69) is 130 Å². The Balaban J connectivity index is 0.000000107. The molecule has 0 bridgehead atoms. The lowest BCUT2D eigenvalue weighted by molar-refractivity contribution is -0.119. The molecule has 8 atom stereocenters. The molecule has 16 rings (SSSR count). The third-order valence-corrected chi connectivity index (χ3v) is 22.8. The predicted molar refractivity (Wildman–Crippen MR) is 342 cm³/mol. The summed E-state index contributed by atoms with van der Waals surface area (Å²) in [5.41, 5.74) is 13.4. The minimum absolute atomic E-state index is 0.0414. The fourth-order valence-corrected chi connectivity index (χ4v) is 17.6. The molecule has 0 amide bonds. The number of allylic oxidation sites excluding steroid dienone is 8. The lowest BCUT2D eigenvalue weighted by atomic mass is 9.89. The van der Waals surface area contributed by atoms with Gasteiger partial charge in [-0.05, 0) is 206 Å². The molecule has 0 saturated heterocycles. The van der Waals surface area contributed by atoms with Crippen molar-refractivity contribution in [1.29, 1.82) is 10.5 Å². The number of hydrogen-bond acceptors (Lipinski definition) is 11. The number of nitrogens with zero attached hydrogens (tertiary/aromatic N) is 7. The van der Waals surface area contributed by atoms with E-state index < -0.39 is 8.07 Å². The first-order chi connectivity index (χ1) is 41.7. The molecule has 3 N–H and O–H groups in total. The molecule has 8 unspecified atom stereocenters. The molecule has 0 spiro atoms. The van der Waals surface area contributed by atoms with Crippen LogP contribution in [-0.4, -0.2) is 78.2 Å². The SMILES string of the molecule is C[Si](C)(C)CCOCn1ncc2cc(C3=C(Br)C(=O)C4CCCC34)ccc21.N#CC1=C(c2ccc3[nH]ncc3c2)C2CCCC2C1=O.N#CC1=C(c2ccc3[nH]ncc3c2)C2CCCC2C1=O.O=C1C(Br)=C(c2ccc3[nH]ncc3c2)C2CCCC12. The Hall–Kier alpha value is -7.48. The fourth-order valence-electron chi connectivity index (χ4n) is 15.2. The third kappa shape index (κ3) is 10.5. The van der Waals surface area contributed by atoms with Crippen LogP contribution in [0, 0.1) is 70.0 Å². The number of nitriles is 2. The van der Waals surface area contributed by atoms with Gasteiger partial charge in [0.15, 0.2) is 23.1 Å². The molecule has 8 aliphatic carbocycles. The van der Waals surface area contributed by atoms with Crippen molar-refractivity contribution in [2.24, 2.45) is 47.3 Å². The van der Waals surface area contributed by atoms with Gasteiger partial charge in [-0.2, -0.15) is 30.9 Å². The number of aromatic nitrogens is 8. The number of halogens is 2. The van der Waals surface area contributed by atoms with Crippen LogP contribution in [0.25, 0.3) is 65.9 Å². The molecule has 8 aliphatic rings. The zero-order valence-corrected chi connectivity index (χ0v) is 52.6. The Morgan fingerprint density at radius 3 is 1.27 bits per heavy atom. The molecule has 436 valence electrons. The van der Waals surface area contributed by atoms with Gasteiger partial charge in [-0.3, -0.25) is 34.5 Å². The lowest BCUT2D eigenvalue weighted by Gasteiger charge is -2.15. The molecule has 4 saturated carbocycles. The second-order valence-electron chi connectivity index (χ2n) is 25.6. The summed E-state index contributed by atoms with van der Waals surface area (Å²) in [6.45, 7) is 8.35. The number of carbonyl (C=O) groups is 4. The smallest absolute Gasteiger partial charge is 0.177 e. The number of Topliss-reactive ketones (excluding diaryl/α,β-unsaturated/α-hetero) is 4. The highest BCUT2D eigenvalue weighted by Gasteiger charge is 2.48. The van der Waals surface area contributed by atoms with Gasteiger partial charge >= 0.3 is 0 Å². The molecule has 8 aromatic rings. The number of H-pyrrole nitrogens is 3. The number of aromatic amines is 3. The summed E-state index contributed by atoms with van der Waals surface area (Å²) in [6.07, 6.45) is 19.9. The largest absolute Gasteiger partial charge is 0.360 e. The zero-order valence-electron chi connectivity index (χ0n) is 48.4. The normalized spacial score (nSPS) is 24.8. The summed E-state index contributed by atoms with van der Waals surface area (Å²) in [4.78, 5) is 49.4. The first-order valence-corrected chi connectivity index (χ1v) is 35.6. The maximum absolute atomic E-state index is 12.5. The molecule has 0 aliphatic heterocycles. The highest BCUT2D eigenvalue weighted by molar-refractivity contribution is 9.12. The van der Waals surface area contributed by atoms with Crippen molar-refractivity contribution >= 4 is 129 Å². The van der Waals surface area contributed by atoms with Gasteiger partial charge in [0.05, 0.1) is 67.0 Å². The monoisotopic (exact) mass is 1290 g/mol. The number of benzene rings is 4. The van der Waals surface area contributed by atoms with E-state index in [0.29, 0.717) is 41.3 Å². The topological polar surface area (TPSA) is 229 Å². The average Bonchev–Trinajstić information content (AvgIpc) is 3.04. The summed E-state index contributed by atoms with van der Waals surface area (Å²) < 4.78 is 9.36. The Morgan fingerprint density at radius 2 is 0.860 bits per heavy atom. The lowest BCUT2D eigenvalue weighted by Crippen LogP contribution is -2.22. The molecule has 0 radical (unpaired) electrons. The zero-order chi connectivity index (χ0) is 59.5. The maximum Gasteiger partial charge on any atom is 0.177 e. The minimum Gasteiger partial charge on any atom is -0.360 e. The van der Waals surface area contributed by atoms with E-state index in [1.165, 1.54) is 17.6 Å². The highest BCUT2D eigenvalue weighted by atomic mass is 79.9. The van der Waals surface area contributed by atoms with E-state index in [1.54, 1.807) is 12.4 Å². The highest BCUT2D eigenvalue weighted by Crippen LogP contribution is 2.54. The molecular weight excluding hydrogens is 1220 g/mol. The van der Waals surface area contributed by atoms with Gasteiger partial charge in [0, 0.05) is 59.9 Å². The van der Waals surface area contributed by atoms with E-state index in [9.17, 15) is 29.7 Å². The van der Waals surface area contributed by atoms with Gasteiger partial charge in [0.2, 0.25) is 0 Å². The van der Waals surface area contributed by atoms with Crippen LogP contribution < -0.4 is 0 Å². The maximum atomic E-state index is 12.5. The number of rotatable bonds is 9. The molecule has 4 aromatic carbocycles. The minimum atomic E-state index is -1.07. The van der Waals surface area contributed by atoms with Gasteiger partial charge in [-0.1, -0.05) is 69.6 Å². The molecule has 4 aromatic heterocycles. The van der Waals surface area contributed by atoms with Crippen LogP contribution in [0.4, 0.5) is 0 Å². The Bertz CT molecular complexity index is 4170. The number of fused-ring (bicyclic) bond motifs is 8. The Labute approximate surface area is 516 Å². The Morgan fingerprint density at radius 1 is 0.500 bits per heavy atom. The first-order valence-electron chi connectivity index (χ1n) is 30.3. The number of carbonyl (C=O) groups excluding carboxylic acids is 4. The van der Waals surface area contributed by atoms with Gasteiger partial charge in [0.1, 0.15) is 18.9 Å². The molecule has 15 nitrogen and oxygen atoms in total. The molecule has 86 heavy (non-hydrogen) atoms. The number of ether oxygens (including phenoxy) is 1. The standard InChI is InChI=1S/C21H27BrN2O2Si.2C16H13N3O.C15H13BrN2O/c1-27(2,3)10-9-26-13-24-18-8-7-14(11-15(18)12-23-24)19-16-5-4-6-17(16)21(25)20(19)22;2*17-7-13-15(11-2-1-3-12(11)16(13)20)9-4-5-14-10(6-9)8-18-19-14;16-14-13(10-2-1-3-11(10)15(14)19)8-4-5-12-9(6-8)7-17-18-12/h7-8,11-12,16-17H,4-6,9-10,13H2,1-3H3;2*4-6,8,11-12H,1-3H2,(H,18,19);4-7,10-11H,1-3H2,(H,17,18). The quantitative estimate of drug-likeness (QED) is 0.0909. The summed E-state index contributed by atoms with van der Waals surface area (Å²) in [6, 6.07) is 30.1. The van der Waals surface area contributed by atoms with Crippen molar-refractivity contribution in [2.75, 3.05) is 6.61 Å². The van der Waals surface area contributed by atoms with Crippen LogP contribution in [0.2, 0.25) is 25.7 Å². The van der Waals surface area contributed by atoms with Gasteiger partial charge < -0.3 is 4.74 Å². The number of ketones is 4. The van der Waals surface area contributed by atoms with Crippen LogP contribution in [0.3, 0.4) is 0 Å². The second kappa shape index (κ2) is 23.7. The molecule has 18 heteroatoms. The van der Waals surface area contributed by atoms with E-state index in [4.69, 9.17) is 4.74 Å². The van der Waals surface area contributed by atoms with E-state index in [0.717, 1.165) is 169 Å². The van der Waals surface area contributed by atoms with E-state index in [-0.39, 0.29) is 47.1 Å². The first kappa shape index (κ1) is 57.6. The van der Waals surface area contributed by atoms with E-state index >= 15 is 0 Å². The fraction of sp³-hybridized carbons (Fsp3) is 0.382. The molecule has 4 heterocycles. The van der Waals surface area contributed by atoms with Crippen molar-refractivity contribution in [3.63, 3.8) is 0 Å². The predicted octanol–water partition coefficient (Wildman–Crippen LogP) is 14.8. The van der Waals surface area contributed by atoms with Crippen molar-refractivity contribution in [2.45, 2.75) is 109 Å². The summed E-state index contributed by atoms with van der Waals surface area (Å²) in [5.74, 6) is 2.44. The summed E-state index contributed by atoms with van der Waals surface area (Å²) in [5, 5.41) is 48.3. The van der Waals surface area contributed by atoms with Crippen molar-refractivity contribution in [3.05, 3.63) is 140 Å². The van der Waals surface area contributed by atoms with Crippen LogP contribution in [0.15, 0.2) is 118 Å². The summed E-state index contributed by atoms with van der Waals surface area (Å²) in [7, 11) is -1.07. The van der Waals surface area contributed by atoms with Crippen LogP contribution >= 0.6 is 31.9 Å². The van der Waals surface area contributed by atoms with E-state index in [1.807, 2.05) is 59.5 Å². The molecule has 4 fully saturated rings. The number of nitrogens with one attached hydrogen (secondary N) is 3. The van der Waals surface area contributed by atoms with Gasteiger partial charge in [0.25, 0.3) is 0 Å². The summed E-state index contributed by atoms with van der Waals surface area (Å²) >= 11 is 7.11. The third-order valence-electron chi connectivity index (χ3n) is 19.5. The number of hydrogen-bond donors (Lipinski definition) is 3. The van der Waals surface area contributed by atoms with Crippen LogP contribution in [-0.2, 0) is 30.6 Å². The van der Waals surface area contributed by atoms with Crippen LogP contribution in [0.5, 0.6) is 0 Å². The second-order valence-corrected chi connectivity index (χ2v) is 32.8.